The maximum Gasteiger partial charge on any atom is 0.257 e. The Balaban J connectivity index is 1.74. The van der Waals surface area contributed by atoms with Gasteiger partial charge in [0.1, 0.15) is 0 Å². The topological polar surface area (TPSA) is 56.2 Å². The van der Waals surface area contributed by atoms with Crippen LogP contribution in [0.1, 0.15) is 15.9 Å². The summed E-state index contributed by atoms with van der Waals surface area (Å²) in [6.45, 7) is 0.709. The molecule has 2 aromatic carbocycles. The van der Waals surface area contributed by atoms with Crippen molar-refractivity contribution < 1.29 is 4.79 Å². The van der Waals surface area contributed by atoms with E-state index in [9.17, 15) is 4.79 Å². The highest BCUT2D eigenvalue weighted by atomic mass is 16.1. The normalized spacial score (nSPS) is 12.9. The summed E-state index contributed by atoms with van der Waals surface area (Å²) in [6.07, 6.45) is 0.871. The first kappa shape index (κ1) is 12.4. The van der Waals surface area contributed by atoms with Gasteiger partial charge in [0.25, 0.3) is 5.91 Å². The third kappa shape index (κ3) is 2.28. The van der Waals surface area contributed by atoms with Crippen LogP contribution in [0.3, 0.4) is 0 Å². The Kier molecular flexibility index (Phi) is 3.21. The molecule has 2 N–H and O–H groups in total. The molecule has 1 radical (unpaired) electrons. The molecule has 0 saturated carbocycles. The van der Waals surface area contributed by atoms with E-state index in [4.69, 9.17) is 5.41 Å². The fourth-order valence-corrected chi connectivity index (χ4v) is 2.34. The molecule has 1 amide bonds. The van der Waals surface area contributed by atoms with Crippen LogP contribution in [-0.2, 0) is 6.42 Å². The molecule has 1 aliphatic heterocycles. The standard InChI is InChI=1S/C16H14N3O/c17-16(18-15(20)13-7-2-1-3-8-13)19-11-10-12-6-4-5-9-14(12)19/h1-3,5-9H,10-11H2,(H2,17,18,20). The van der Waals surface area contributed by atoms with Crippen LogP contribution < -0.4 is 10.2 Å². The Morgan fingerprint density at radius 3 is 2.85 bits per heavy atom. The number of rotatable bonds is 1. The zero-order valence-electron chi connectivity index (χ0n) is 10.9. The van der Waals surface area contributed by atoms with Gasteiger partial charge in [-0.05, 0) is 42.3 Å². The van der Waals surface area contributed by atoms with Crippen LogP contribution in [0, 0.1) is 11.5 Å². The Labute approximate surface area is 117 Å². The van der Waals surface area contributed by atoms with Gasteiger partial charge in [0.15, 0.2) is 0 Å². The summed E-state index contributed by atoms with van der Waals surface area (Å²) in [5.41, 5.74) is 2.69. The van der Waals surface area contributed by atoms with E-state index >= 15 is 0 Å². The molecule has 3 rings (SSSR count). The number of carbonyl (C=O) groups is 1. The molecule has 0 spiro atoms. The van der Waals surface area contributed by atoms with Crippen molar-refractivity contribution in [2.24, 2.45) is 0 Å². The predicted octanol–water partition coefficient (Wildman–Crippen LogP) is 2.21. The molecule has 0 aliphatic carbocycles. The van der Waals surface area contributed by atoms with E-state index in [2.05, 4.69) is 11.4 Å². The summed E-state index contributed by atoms with van der Waals surface area (Å²) < 4.78 is 0. The number of hydrogen-bond donors (Lipinski definition) is 2. The lowest BCUT2D eigenvalue weighted by atomic mass is 10.2. The summed E-state index contributed by atoms with van der Waals surface area (Å²) in [5, 5.41) is 10.7. The Morgan fingerprint density at radius 1 is 1.25 bits per heavy atom. The van der Waals surface area contributed by atoms with E-state index < -0.39 is 0 Å². The van der Waals surface area contributed by atoms with Gasteiger partial charge >= 0.3 is 0 Å². The van der Waals surface area contributed by atoms with Gasteiger partial charge in [-0.2, -0.15) is 0 Å². The van der Waals surface area contributed by atoms with Crippen molar-refractivity contribution in [3.63, 3.8) is 0 Å². The number of benzene rings is 2. The number of nitrogens with one attached hydrogen (secondary N) is 2. The van der Waals surface area contributed by atoms with Crippen LogP contribution in [0.4, 0.5) is 5.69 Å². The third-order valence-corrected chi connectivity index (χ3v) is 3.36. The van der Waals surface area contributed by atoms with E-state index in [0.29, 0.717) is 12.1 Å². The number of amides is 1. The smallest absolute Gasteiger partial charge is 0.257 e. The van der Waals surface area contributed by atoms with Crippen LogP contribution >= 0.6 is 0 Å². The molecule has 99 valence electrons. The summed E-state index contributed by atoms with van der Waals surface area (Å²) in [4.78, 5) is 13.8. The second-order valence-electron chi connectivity index (χ2n) is 4.63. The lowest BCUT2D eigenvalue weighted by Crippen LogP contribution is -2.42. The van der Waals surface area contributed by atoms with E-state index in [-0.39, 0.29) is 11.9 Å². The van der Waals surface area contributed by atoms with Gasteiger partial charge in [-0.3, -0.25) is 15.5 Å². The van der Waals surface area contributed by atoms with Gasteiger partial charge in [0.2, 0.25) is 5.96 Å². The van der Waals surface area contributed by atoms with E-state index in [1.54, 1.807) is 24.3 Å². The minimum Gasteiger partial charge on any atom is -0.312 e. The molecule has 1 heterocycles. The van der Waals surface area contributed by atoms with Crippen LogP contribution in [0.2, 0.25) is 0 Å². The maximum atomic E-state index is 12.0. The SMILES string of the molecule is N=C(NC(=O)c1ccccc1)N1CCc2c[c]ccc21. The number of fused-ring (bicyclic) bond motifs is 1. The minimum absolute atomic E-state index is 0.115. The van der Waals surface area contributed by atoms with Crippen LogP contribution in [0.5, 0.6) is 0 Å². The van der Waals surface area contributed by atoms with Crippen molar-refractivity contribution in [3.05, 3.63) is 65.7 Å². The number of nitrogens with zero attached hydrogens (tertiary/aromatic N) is 1. The summed E-state index contributed by atoms with van der Waals surface area (Å²) in [7, 11) is 0. The minimum atomic E-state index is -0.258. The number of anilines is 1. The average molecular weight is 264 g/mol. The maximum absolute atomic E-state index is 12.0. The highest BCUT2D eigenvalue weighted by Crippen LogP contribution is 2.26. The Bertz CT molecular complexity index is 652. The van der Waals surface area contributed by atoms with Gasteiger partial charge in [-0.15, -0.1) is 0 Å². The van der Waals surface area contributed by atoms with Gasteiger partial charge in [-0.1, -0.05) is 24.3 Å². The predicted molar refractivity (Wildman–Crippen MR) is 78.0 cm³/mol. The molecule has 20 heavy (non-hydrogen) atoms. The average Bonchev–Trinajstić information content (AvgIpc) is 2.92. The number of guanidine groups is 1. The van der Waals surface area contributed by atoms with Crippen molar-refractivity contribution in [2.75, 3.05) is 11.4 Å². The first-order valence-corrected chi connectivity index (χ1v) is 6.47. The summed E-state index contributed by atoms with van der Waals surface area (Å²) in [6, 6.07) is 17.6. The first-order valence-electron chi connectivity index (χ1n) is 6.47. The molecule has 0 unspecified atom stereocenters. The van der Waals surface area contributed by atoms with Crippen molar-refractivity contribution >= 4 is 17.6 Å². The highest BCUT2D eigenvalue weighted by molar-refractivity contribution is 6.10. The monoisotopic (exact) mass is 264 g/mol. The summed E-state index contributed by atoms with van der Waals surface area (Å²) in [5.74, 6) is -0.143. The molecule has 0 aromatic heterocycles. The van der Waals surface area contributed by atoms with Crippen LogP contribution in [0.25, 0.3) is 0 Å². The lowest BCUT2D eigenvalue weighted by Gasteiger charge is -2.20. The van der Waals surface area contributed by atoms with Crippen molar-refractivity contribution in [3.8, 4) is 0 Å². The fourth-order valence-electron chi connectivity index (χ4n) is 2.34. The molecular formula is C16H14N3O. The van der Waals surface area contributed by atoms with Crippen molar-refractivity contribution in [1.82, 2.24) is 5.32 Å². The highest BCUT2D eigenvalue weighted by Gasteiger charge is 2.23. The second-order valence-corrected chi connectivity index (χ2v) is 4.63. The summed E-state index contributed by atoms with van der Waals surface area (Å²) >= 11 is 0. The molecule has 2 aromatic rings. The van der Waals surface area contributed by atoms with Gasteiger partial charge < -0.3 is 4.90 Å². The molecule has 0 atom stereocenters. The van der Waals surface area contributed by atoms with Gasteiger partial charge in [-0.25, -0.2) is 0 Å². The van der Waals surface area contributed by atoms with E-state index in [0.717, 1.165) is 17.7 Å². The molecule has 0 bridgehead atoms. The lowest BCUT2D eigenvalue weighted by molar-refractivity contribution is 0.0976. The molecule has 0 saturated heterocycles. The van der Waals surface area contributed by atoms with E-state index in [1.807, 2.05) is 29.2 Å². The van der Waals surface area contributed by atoms with Crippen LogP contribution in [-0.4, -0.2) is 18.4 Å². The third-order valence-electron chi connectivity index (χ3n) is 3.36. The zero-order chi connectivity index (χ0) is 13.9. The van der Waals surface area contributed by atoms with Crippen LogP contribution in [0.15, 0.2) is 48.5 Å². The molecule has 0 fully saturated rings. The van der Waals surface area contributed by atoms with Crippen molar-refractivity contribution in [1.29, 1.82) is 5.41 Å². The number of carbonyl (C=O) groups excluding carboxylic acids is 1. The van der Waals surface area contributed by atoms with Gasteiger partial charge in [0.05, 0.1) is 0 Å². The quantitative estimate of drug-likeness (QED) is 0.613. The number of hydrogen-bond acceptors (Lipinski definition) is 2. The first-order chi connectivity index (χ1) is 9.75. The fraction of sp³-hybridized carbons (Fsp3) is 0.125. The second kappa shape index (κ2) is 5.17. The Morgan fingerprint density at radius 2 is 2.05 bits per heavy atom. The zero-order valence-corrected chi connectivity index (χ0v) is 10.9. The largest absolute Gasteiger partial charge is 0.312 e. The molecule has 1 aliphatic rings. The molecule has 4 heteroatoms. The molecular weight excluding hydrogens is 250 g/mol. The van der Waals surface area contributed by atoms with Gasteiger partial charge in [0, 0.05) is 17.8 Å². The van der Waals surface area contributed by atoms with Crippen molar-refractivity contribution in [2.45, 2.75) is 6.42 Å². The van der Waals surface area contributed by atoms with E-state index in [1.165, 1.54) is 0 Å². The Hall–Kier alpha value is -2.62. The molecule has 4 nitrogen and oxygen atoms in total.